The van der Waals surface area contributed by atoms with E-state index >= 15 is 0 Å². The second kappa shape index (κ2) is 4.22. The molecule has 1 aromatic heterocycles. The highest BCUT2D eigenvalue weighted by atomic mass is 16.4. The minimum atomic E-state index is -0.950. The summed E-state index contributed by atoms with van der Waals surface area (Å²) >= 11 is 0. The van der Waals surface area contributed by atoms with Crippen LogP contribution in [0.1, 0.15) is 35.5 Å². The number of hydrogen-bond acceptors (Lipinski definition) is 3. The Labute approximate surface area is 94.9 Å². The fourth-order valence-electron chi connectivity index (χ4n) is 2.02. The van der Waals surface area contributed by atoms with Crippen LogP contribution in [0.15, 0.2) is 12.3 Å². The lowest BCUT2D eigenvalue weighted by Gasteiger charge is -2.31. The maximum Gasteiger partial charge on any atom is 0.354 e. The van der Waals surface area contributed by atoms with Gasteiger partial charge in [0.2, 0.25) is 0 Å². The molecule has 0 saturated carbocycles. The van der Waals surface area contributed by atoms with Gasteiger partial charge < -0.3 is 5.11 Å². The SMILES string of the molecule is CC(C)N1CCc2cc(C(=O)O)ncc2C1. The van der Waals surface area contributed by atoms with Crippen LogP contribution in [0.5, 0.6) is 0 Å². The topological polar surface area (TPSA) is 53.4 Å². The summed E-state index contributed by atoms with van der Waals surface area (Å²) in [6, 6.07) is 2.22. The number of fused-ring (bicyclic) bond motifs is 1. The van der Waals surface area contributed by atoms with Gasteiger partial charge in [-0.05, 0) is 37.5 Å². The molecule has 1 aliphatic rings. The fraction of sp³-hybridized carbons (Fsp3) is 0.500. The Balaban J connectivity index is 2.25. The van der Waals surface area contributed by atoms with Crippen LogP contribution in [0.4, 0.5) is 0 Å². The summed E-state index contributed by atoms with van der Waals surface area (Å²) in [7, 11) is 0. The first kappa shape index (κ1) is 11.1. The average molecular weight is 220 g/mol. The van der Waals surface area contributed by atoms with Gasteiger partial charge in [0.15, 0.2) is 0 Å². The van der Waals surface area contributed by atoms with Gasteiger partial charge >= 0.3 is 5.97 Å². The third-order valence-electron chi connectivity index (χ3n) is 3.07. The molecule has 2 heterocycles. The van der Waals surface area contributed by atoms with Gasteiger partial charge in [0.1, 0.15) is 5.69 Å². The Morgan fingerprint density at radius 1 is 1.50 bits per heavy atom. The molecule has 0 fully saturated rings. The zero-order valence-electron chi connectivity index (χ0n) is 9.60. The average Bonchev–Trinajstić information content (AvgIpc) is 2.27. The normalized spacial score (nSPS) is 16.2. The summed E-state index contributed by atoms with van der Waals surface area (Å²) in [5.41, 5.74) is 2.44. The van der Waals surface area contributed by atoms with Crippen molar-refractivity contribution in [3.63, 3.8) is 0 Å². The number of carboxylic acids is 1. The molecule has 0 atom stereocenters. The van der Waals surface area contributed by atoms with Crippen molar-refractivity contribution in [2.45, 2.75) is 32.9 Å². The third kappa shape index (κ3) is 2.07. The lowest BCUT2D eigenvalue weighted by Crippen LogP contribution is -2.36. The van der Waals surface area contributed by atoms with E-state index in [-0.39, 0.29) is 5.69 Å². The fourth-order valence-corrected chi connectivity index (χ4v) is 2.02. The number of hydrogen-bond donors (Lipinski definition) is 1. The van der Waals surface area contributed by atoms with Gasteiger partial charge in [0.05, 0.1) is 0 Å². The second-order valence-electron chi connectivity index (χ2n) is 4.46. The third-order valence-corrected chi connectivity index (χ3v) is 3.07. The number of carbonyl (C=O) groups is 1. The highest BCUT2D eigenvalue weighted by Gasteiger charge is 2.19. The maximum atomic E-state index is 10.8. The molecular formula is C12H16N2O2. The van der Waals surface area contributed by atoms with Crippen LogP contribution >= 0.6 is 0 Å². The molecule has 86 valence electrons. The molecule has 1 N–H and O–H groups in total. The molecule has 0 radical (unpaired) electrons. The van der Waals surface area contributed by atoms with Crippen molar-refractivity contribution in [3.8, 4) is 0 Å². The first-order chi connectivity index (χ1) is 7.58. The van der Waals surface area contributed by atoms with E-state index in [1.807, 2.05) is 0 Å². The van der Waals surface area contributed by atoms with E-state index in [0.29, 0.717) is 6.04 Å². The molecule has 1 aromatic rings. The van der Waals surface area contributed by atoms with E-state index in [2.05, 4.69) is 23.7 Å². The quantitative estimate of drug-likeness (QED) is 0.821. The lowest BCUT2D eigenvalue weighted by molar-refractivity contribution is 0.0690. The number of rotatable bonds is 2. The Bertz CT molecular complexity index is 415. The van der Waals surface area contributed by atoms with Crippen molar-refractivity contribution < 1.29 is 9.90 Å². The minimum Gasteiger partial charge on any atom is -0.477 e. The number of aromatic nitrogens is 1. The molecule has 4 heteroatoms. The van der Waals surface area contributed by atoms with Crippen molar-refractivity contribution >= 4 is 5.97 Å². The van der Waals surface area contributed by atoms with E-state index in [1.165, 1.54) is 0 Å². The van der Waals surface area contributed by atoms with Gasteiger partial charge in [-0.25, -0.2) is 9.78 Å². The molecule has 0 aromatic carbocycles. The van der Waals surface area contributed by atoms with Crippen LogP contribution in [0, 0.1) is 0 Å². The monoisotopic (exact) mass is 220 g/mol. The number of nitrogens with zero attached hydrogens (tertiary/aromatic N) is 2. The Hall–Kier alpha value is -1.42. The summed E-state index contributed by atoms with van der Waals surface area (Å²) in [5.74, 6) is -0.950. The first-order valence-electron chi connectivity index (χ1n) is 5.53. The van der Waals surface area contributed by atoms with Crippen LogP contribution in [0.3, 0.4) is 0 Å². The maximum absolute atomic E-state index is 10.8. The molecule has 1 aliphatic heterocycles. The van der Waals surface area contributed by atoms with Gasteiger partial charge in [-0.3, -0.25) is 4.90 Å². The summed E-state index contributed by atoms with van der Waals surface area (Å²) in [6.45, 7) is 6.21. The Morgan fingerprint density at radius 3 is 2.88 bits per heavy atom. The molecule has 0 aliphatic carbocycles. The summed E-state index contributed by atoms with van der Waals surface area (Å²) in [4.78, 5) is 17.1. The predicted octanol–water partition coefficient (Wildman–Crippen LogP) is 1.55. The van der Waals surface area contributed by atoms with Gasteiger partial charge in [-0.1, -0.05) is 0 Å². The van der Waals surface area contributed by atoms with Crippen LogP contribution in [0.25, 0.3) is 0 Å². The molecule has 0 amide bonds. The highest BCUT2D eigenvalue weighted by molar-refractivity contribution is 5.85. The summed E-state index contributed by atoms with van der Waals surface area (Å²) in [6.07, 6.45) is 2.61. The van der Waals surface area contributed by atoms with Crippen LogP contribution in [-0.2, 0) is 13.0 Å². The molecule has 16 heavy (non-hydrogen) atoms. The largest absolute Gasteiger partial charge is 0.477 e. The summed E-state index contributed by atoms with van der Waals surface area (Å²) in [5, 5.41) is 8.85. The van der Waals surface area contributed by atoms with Crippen LogP contribution < -0.4 is 0 Å². The van der Waals surface area contributed by atoms with Crippen molar-refractivity contribution in [1.82, 2.24) is 9.88 Å². The van der Waals surface area contributed by atoms with Crippen molar-refractivity contribution in [2.75, 3.05) is 6.54 Å². The number of pyridine rings is 1. The van der Waals surface area contributed by atoms with E-state index < -0.39 is 5.97 Å². The molecule has 0 unspecified atom stereocenters. The lowest BCUT2D eigenvalue weighted by atomic mass is 10.00. The first-order valence-corrected chi connectivity index (χ1v) is 5.53. The molecule has 0 saturated heterocycles. The number of aromatic carboxylic acids is 1. The Morgan fingerprint density at radius 2 is 2.25 bits per heavy atom. The molecule has 4 nitrogen and oxygen atoms in total. The van der Waals surface area contributed by atoms with Gasteiger partial charge in [-0.2, -0.15) is 0 Å². The summed E-state index contributed by atoms with van der Waals surface area (Å²) < 4.78 is 0. The van der Waals surface area contributed by atoms with E-state index in [9.17, 15) is 4.79 Å². The minimum absolute atomic E-state index is 0.150. The van der Waals surface area contributed by atoms with Gasteiger partial charge in [-0.15, -0.1) is 0 Å². The zero-order valence-corrected chi connectivity index (χ0v) is 9.60. The standard InChI is InChI=1S/C12H16N2O2/c1-8(2)14-4-3-9-5-11(12(15)16)13-6-10(9)7-14/h5-6,8H,3-4,7H2,1-2H3,(H,15,16). The van der Waals surface area contributed by atoms with Crippen molar-refractivity contribution in [2.24, 2.45) is 0 Å². The van der Waals surface area contributed by atoms with Gasteiger partial charge in [0.25, 0.3) is 0 Å². The van der Waals surface area contributed by atoms with Crippen molar-refractivity contribution in [1.29, 1.82) is 0 Å². The smallest absolute Gasteiger partial charge is 0.354 e. The number of carboxylic acid groups (broad SMARTS) is 1. The molecule has 0 spiro atoms. The van der Waals surface area contributed by atoms with Gasteiger partial charge in [0, 0.05) is 25.3 Å². The van der Waals surface area contributed by atoms with E-state index in [0.717, 1.165) is 30.6 Å². The second-order valence-corrected chi connectivity index (χ2v) is 4.46. The zero-order chi connectivity index (χ0) is 11.7. The van der Waals surface area contributed by atoms with Crippen LogP contribution in [-0.4, -0.2) is 33.5 Å². The Kier molecular flexibility index (Phi) is 2.92. The van der Waals surface area contributed by atoms with E-state index in [4.69, 9.17) is 5.11 Å². The highest BCUT2D eigenvalue weighted by Crippen LogP contribution is 2.20. The molecule has 0 bridgehead atoms. The van der Waals surface area contributed by atoms with E-state index in [1.54, 1.807) is 12.3 Å². The van der Waals surface area contributed by atoms with Crippen LogP contribution in [0.2, 0.25) is 0 Å². The predicted molar refractivity (Wildman–Crippen MR) is 60.4 cm³/mol. The van der Waals surface area contributed by atoms with Crippen molar-refractivity contribution in [3.05, 3.63) is 29.1 Å². The molecule has 2 rings (SSSR count). The molecular weight excluding hydrogens is 204 g/mol.